The van der Waals surface area contributed by atoms with Crippen LogP contribution < -0.4 is 0 Å². The van der Waals surface area contributed by atoms with Crippen molar-refractivity contribution in [3.05, 3.63) is 29.0 Å². The van der Waals surface area contributed by atoms with Crippen molar-refractivity contribution in [2.24, 2.45) is 0 Å². The lowest BCUT2D eigenvalue weighted by molar-refractivity contribution is 0.597. The molecule has 0 aliphatic rings. The molecular formula is C13H16Cl2N2S. The van der Waals surface area contributed by atoms with Gasteiger partial charge >= 0.3 is 0 Å². The number of nitrogens with zero attached hydrogens (tertiary/aromatic N) is 2. The van der Waals surface area contributed by atoms with Gasteiger partial charge in [0.1, 0.15) is 11.3 Å². The molecule has 0 bridgehead atoms. The van der Waals surface area contributed by atoms with Crippen LogP contribution in [0.3, 0.4) is 0 Å². The van der Waals surface area contributed by atoms with Crippen molar-refractivity contribution in [2.45, 2.75) is 19.4 Å². The molecule has 0 aliphatic carbocycles. The maximum absolute atomic E-state index is 6.21. The van der Waals surface area contributed by atoms with E-state index in [1.807, 2.05) is 23.9 Å². The average molecular weight is 303 g/mol. The van der Waals surface area contributed by atoms with Crippen LogP contribution in [0.5, 0.6) is 0 Å². The summed E-state index contributed by atoms with van der Waals surface area (Å²) in [6, 6.07) is 6.31. The van der Waals surface area contributed by atoms with Gasteiger partial charge in [0.25, 0.3) is 0 Å². The summed E-state index contributed by atoms with van der Waals surface area (Å²) in [5.74, 6) is 2.65. The molecule has 0 N–H and O–H groups in total. The molecule has 0 spiro atoms. The summed E-state index contributed by atoms with van der Waals surface area (Å²) < 4.78 is 2.26. The molecule has 18 heavy (non-hydrogen) atoms. The highest BCUT2D eigenvalue weighted by atomic mass is 35.5. The monoisotopic (exact) mass is 302 g/mol. The van der Waals surface area contributed by atoms with E-state index < -0.39 is 0 Å². The minimum atomic E-state index is 0.390. The minimum Gasteiger partial charge on any atom is -0.324 e. The van der Waals surface area contributed by atoms with Crippen LogP contribution >= 0.6 is 35.0 Å². The third-order valence-corrected chi connectivity index (χ3v) is 4.22. The van der Waals surface area contributed by atoms with Crippen LogP contribution in [0, 0.1) is 0 Å². The lowest BCUT2D eigenvalue weighted by Crippen LogP contribution is -2.12. The number of alkyl halides is 1. The van der Waals surface area contributed by atoms with Gasteiger partial charge in [-0.1, -0.05) is 17.7 Å². The Morgan fingerprint density at radius 1 is 1.44 bits per heavy atom. The van der Waals surface area contributed by atoms with Gasteiger partial charge in [-0.3, -0.25) is 0 Å². The topological polar surface area (TPSA) is 17.8 Å². The van der Waals surface area contributed by atoms with Crippen molar-refractivity contribution in [1.82, 2.24) is 9.55 Å². The first-order valence-corrected chi connectivity index (χ1v) is 8.20. The highest BCUT2D eigenvalue weighted by Gasteiger charge is 2.16. The summed E-state index contributed by atoms with van der Waals surface area (Å²) in [6.07, 6.45) is 2.88. The Bertz CT molecular complexity index is 539. The number of para-hydroxylation sites is 1. The Balaban J connectivity index is 2.58. The predicted octanol–water partition coefficient (Wildman–Crippen LogP) is 4.40. The maximum Gasteiger partial charge on any atom is 0.111 e. The van der Waals surface area contributed by atoms with Crippen LogP contribution in [-0.2, 0) is 6.42 Å². The van der Waals surface area contributed by atoms with E-state index in [0.717, 1.165) is 29.0 Å². The first kappa shape index (κ1) is 14.0. The summed E-state index contributed by atoms with van der Waals surface area (Å²) in [5.41, 5.74) is 1.98. The highest BCUT2D eigenvalue weighted by Crippen LogP contribution is 2.28. The molecule has 1 atom stereocenters. The Kier molecular flexibility index (Phi) is 4.82. The number of hydrogen-bond donors (Lipinski definition) is 0. The Hall–Kier alpha value is -0.380. The predicted molar refractivity (Wildman–Crippen MR) is 82.3 cm³/mol. The van der Waals surface area contributed by atoms with Gasteiger partial charge in [0.05, 0.1) is 10.5 Å². The van der Waals surface area contributed by atoms with Crippen molar-refractivity contribution in [2.75, 3.05) is 17.9 Å². The molecule has 2 rings (SSSR count). The van der Waals surface area contributed by atoms with E-state index in [-0.39, 0.29) is 0 Å². The van der Waals surface area contributed by atoms with Gasteiger partial charge in [0.2, 0.25) is 0 Å². The normalized spacial score (nSPS) is 13.1. The molecule has 1 unspecified atom stereocenters. The number of rotatable bonds is 5. The summed E-state index contributed by atoms with van der Waals surface area (Å²) >= 11 is 13.9. The molecule has 5 heteroatoms. The second-order valence-corrected chi connectivity index (χ2v) is 5.94. The van der Waals surface area contributed by atoms with E-state index in [1.54, 1.807) is 0 Å². The first-order chi connectivity index (χ1) is 8.69. The van der Waals surface area contributed by atoms with Crippen molar-refractivity contribution in [3.8, 4) is 0 Å². The van der Waals surface area contributed by atoms with Crippen LogP contribution in [0.1, 0.15) is 18.8 Å². The number of aromatic nitrogens is 2. The fraction of sp³-hybridized carbons (Fsp3) is 0.462. The summed E-state index contributed by atoms with van der Waals surface area (Å²) in [5, 5.41) is 0.707. The third kappa shape index (κ3) is 2.63. The average Bonchev–Trinajstić information content (AvgIpc) is 2.70. The van der Waals surface area contributed by atoms with Gasteiger partial charge in [0.15, 0.2) is 0 Å². The molecule has 0 amide bonds. The Morgan fingerprint density at radius 2 is 2.22 bits per heavy atom. The lowest BCUT2D eigenvalue weighted by atomic mass is 10.3. The molecule has 0 saturated carbocycles. The molecule has 1 heterocycles. The van der Waals surface area contributed by atoms with E-state index in [1.165, 1.54) is 0 Å². The van der Waals surface area contributed by atoms with Crippen molar-refractivity contribution < 1.29 is 0 Å². The largest absolute Gasteiger partial charge is 0.324 e. The number of fused-ring (bicyclic) bond motifs is 1. The van der Waals surface area contributed by atoms with Crippen molar-refractivity contribution in [1.29, 1.82) is 0 Å². The summed E-state index contributed by atoms with van der Waals surface area (Å²) in [7, 11) is 0. The van der Waals surface area contributed by atoms with Crippen LogP contribution in [0.25, 0.3) is 11.0 Å². The lowest BCUT2D eigenvalue weighted by Gasteiger charge is -2.16. The number of halogens is 2. The summed E-state index contributed by atoms with van der Waals surface area (Å²) in [6.45, 7) is 2.20. The maximum atomic E-state index is 6.21. The number of hydrogen-bond acceptors (Lipinski definition) is 2. The zero-order valence-corrected chi connectivity index (χ0v) is 12.8. The molecule has 1 aromatic carbocycles. The zero-order valence-electron chi connectivity index (χ0n) is 10.5. The smallest absolute Gasteiger partial charge is 0.111 e. The Labute approximate surface area is 122 Å². The van der Waals surface area contributed by atoms with Crippen molar-refractivity contribution >= 4 is 46.0 Å². The fourth-order valence-electron chi connectivity index (χ4n) is 2.20. The van der Waals surface area contributed by atoms with Crippen LogP contribution in [0.15, 0.2) is 18.2 Å². The molecule has 98 valence electrons. The molecule has 0 saturated heterocycles. The SMILES string of the molecule is CSCC(C)n1c(CCCl)nc2c(Cl)cccc21. The van der Waals surface area contributed by atoms with Crippen LogP contribution in [-0.4, -0.2) is 27.4 Å². The third-order valence-electron chi connectivity index (χ3n) is 2.91. The number of aryl methyl sites for hydroxylation is 1. The molecule has 0 aliphatic heterocycles. The second-order valence-electron chi connectivity index (χ2n) is 4.25. The second kappa shape index (κ2) is 6.18. The van der Waals surface area contributed by atoms with E-state index in [2.05, 4.69) is 28.8 Å². The highest BCUT2D eigenvalue weighted by molar-refractivity contribution is 7.98. The minimum absolute atomic E-state index is 0.390. The molecule has 0 fully saturated rings. The zero-order chi connectivity index (χ0) is 13.1. The van der Waals surface area contributed by atoms with Gasteiger partial charge in [0, 0.05) is 24.1 Å². The summed E-state index contributed by atoms with van der Waals surface area (Å²) in [4.78, 5) is 4.64. The van der Waals surface area contributed by atoms with Gasteiger partial charge in [-0.25, -0.2) is 4.98 Å². The van der Waals surface area contributed by atoms with Gasteiger partial charge in [-0.15, -0.1) is 11.6 Å². The van der Waals surface area contributed by atoms with Crippen LogP contribution in [0.2, 0.25) is 5.02 Å². The molecular weight excluding hydrogens is 287 g/mol. The molecule has 0 radical (unpaired) electrons. The van der Waals surface area contributed by atoms with Crippen molar-refractivity contribution in [3.63, 3.8) is 0 Å². The molecule has 2 nitrogen and oxygen atoms in total. The standard InChI is InChI=1S/C13H16Cl2N2S/c1-9(8-18-2)17-11-5-3-4-10(15)13(11)16-12(17)6-7-14/h3-5,9H,6-8H2,1-2H3. The quantitative estimate of drug-likeness (QED) is 0.762. The first-order valence-electron chi connectivity index (χ1n) is 5.89. The van der Waals surface area contributed by atoms with Gasteiger partial charge in [-0.2, -0.15) is 11.8 Å². The van der Waals surface area contributed by atoms with Crippen LogP contribution in [0.4, 0.5) is 0 Å². The number of thioether (sulfide) groups is 1. The fourth-order valence-corrected chi connectivity index (χ4v) is 3.21. The van der Waals surface area contributed by atoms with E-state index in [0.29, 0.717) is 16.9 Å². The Morgan fingerprint density at radius 3 is 2.89 bits per heavy atom. The molecule has 1 aromatic heterocycles. The van der Waals surface area contributed by atoms with E-state index in [4.69, 9.17) is 23.2 Å². The van der Waals surface area contributed by atoms with E-state index >= 15 is 0 Å². The van der Waals surface area contributed by atoms with E-state index in [9.17, 15) is 0 Å². The number of imidazole rings is 1. The van der Waals surface area contributed by atoms with Gasteiger partial charge < -0.3 is 4.57 Å². The molecule has 2 aromatic rings. The van der Waals surface area contributed by atoms with Gasteiger partial charge in [-0.05, 0) is 25.3 Å². The number of benzene rings is 1.